The molecule has 1 N–H and O–H groups in total. The monoisotopic (exact) mass is 488 g/mol. The van der Waals surface area contributed by atoms with Gasteiger partial charge in [0, 0.05) is 19.3 Å². The van der Waals surface area contributed by atoms with E-state index < -0.39 is 18.9 Å². The highest BCUT2D eigenvalue weighted by molar-refractivity contribution is 5.68. The molecule has 1 heterocycles. The number of anilines is 1. The average molecular weight is 489 g/mol. The second kappa shape index (κ2) is 11.6. The van der Waals surface area contributed by atoms with E-state index in [1.165, 1.54) is 12.1 Å². The Morgan fingerprint density at radius 3 is 2.37 bits per heavy atom. The van der Waals surface area contributed by atoms with Crippen LogP contribution in [0.3, 0.4) is 0 Å². The topological polar surface area (TPSA) is 71.9 Å². The molecule has 186 valence electrons. The molecule has 0 saturated carbocycles. The summed E-state index contributed by atoms with van der Waals surface area (Å²) in [6.07, 6.45) is -2.29. The second-order valence-corrected chi connectivity index (χ2v) is 8.30. The van der Waals surface area contributed by atoms with Gasteiger partial charge in [0.25, 0.3) is 0 Å². The van der Waals surface area contributed by atoms with Crippen LogP contribution in [0.2, 0.25) is 0 Å². The van der Waals surface area contributed by atoms with Gasteiger partial charge in [-0.1, -0.05) is 44.2 Å². The maximum absolute atomic E-state index is 12.5. The lowest BCUT2D eigenvalue weighted by atomic mass is 10.1. The third kappa shape index (κ3) is 8.51. The summed E-state index contributed by atoms with van der Waals surface area (Å²) in [5.74, 6) is 0.216. The quantitative estimate of drug-likeness (QED) is 0.367. The van der Waals surface area contributed by atoms with Crippen LogP contribution in [0.5, 0.6) is 11.5 Å². The van der Waals surface area contributed by atoms with Crippen LogP contribution < -0.4 is 14.4 Å². The van der Waals surface area contributed by atoms with Gasteiger partial charge in [-0.25, -0.2) is 9.78 Å². The summed E-state index contributed by atoms with van der Waals surface area (Å²) in [6, 6.07) is 16.9. The summed E-state index contributed by atoms with van der Waals surface area (Å²) in [7, 11) is 0. The van der Waals surface area contributed by atoms with E-state index in [4.69, 9.17) is 9.84 Å². The Hall–Kier alpha value is -3.75. The molecule has 3 aromatic rings. The number of rotatable bonds is 11. The predicted molar refractivity (Wildman–Crippen MR) is 126 cm³/mol. The van der Waals surface area contributed by atoms with Crippen LogP contribution in [-0.4, -0.2) is 35.6 Å². The number of halogens is 3. The number of hydrogen-bond donors (Lipinski definition) is 1. The Kier molecular flexibility index (Phi) is 8.57. The summed E-state index contributed by atoms with van der Waals surface area (Å²) < 4.78 is 46.6. The molecule has 0 saturated heterocycles. The van der Waals surface area contributed by atoms with Crippen molar-refractivity contribution in [1.29, 1.82) is 0 Å². The van der Waals surface area contributed by atoms with Crippen LogP contribution in [0.15, 0.2) is 66.9 Å². The van der Waals surface area contributed by atoms with Gasteiger partial charge in [-0.05, 0) is 59.4 Å². The van der Waals surface area contributed by atoms with Gasteiger partial charge in [0.1, 0.15) is 17.3 Å². The first-order chi connectivity index (χ1) is 16.6. The van der Waals surface area contributed by atoms with Crippen molar-refractivity contribution in [2.45, 2.75) is 39.1 Å². The largest absolute Gasteiger partial charge is 0.573 e. The van der Waals surface area contributed by atoms with Gasteiger partial charge in [0.2, 0.25) is 0 Å². The fourth-order valence-electron chi connectivity index (χ4n) is 3.42. The lowest BCUT2D eigenvalue weighted by Gasteiger charge is -2.25. The number of benzene rings is 2. The number of aliphatic carboxylic acids is 1. The van der Waals surface area contributed by atoms with Crippen LogP contribution in [0, 0.1) is 0 Å². The number of carbonyl (C=O) groups is 1. The van der Waals surface area contributed by atoms with Gasteiger partial charge in [0.15, 0.2) is 6.61 Å². The molecule has 0 aliphatic rings. The lowest BCUT2D eigenvalue weighted by molar-refractivity contribution is -0.274. The highest BCUT2D eigenvalue weighted by atomic mass is 19.4. The molecule has 0 bridgehead atoms. The molecular weight excluding hydrogens is 461 g/mol. The van der Waals surface area contributed by atoms with Crippen LogP contribution in [0.25, 0.3) is 0 Å². The van der Waals surface area contributed by atoms with Gasteiger partial charge in [0.05, 0.1) is 0 Å². The third-order valence-electron chi connectivity index (χ3n) is 5.22. The lowest BCUT2D eigenvalue weighted by Crippen LogP contribution is -2.26. The van der Waals surface area contributed by atoms with Crippen molar-refractivity contribution in [2.24, 2.45) is 0 Å². The smallest absolute Gasteiger partial charge is 0.482 e. The van der Waals surface area contributed by atoms with Crippen LogP contribution >= 0.6 is 0 Å². The molecule has 0 amide bonds. The molecule has 35 heavy (non-hydrogen) atoms. The Bertz CT molecular complexity index is 1100. The van der Waals surface area contributed by atoms with Crippen molar-refractivity contribution in [3.8, 4) is 11.5 Å². The molecule has 3 rings (SSSR count). The number of carboxylic acids is 1. The fraction of sp³-hybridized carbons (Fsp3) is 0.308. The summed E-state index contributed by atoms with van der Waals surface area (Å²) in [4.78, 5) is 17.4. The number of hydrogen-bond acceptors (Lipinski definition) is 5. The van der Waals surface area contributed by atoms with E-state index in [2.05, 4.69) is 23.6 Å². The number of nitrogens with zero attached hydrogens (tertiary/aromatic N) is 2. The zero-order valence-corrected chi connectivity index (χ0v) is 19.5. The molecule has 1 aromatic heterocycles. The van der Waals surface area contributed by atoms with Gasteiger partial charge in [-0.3, -0.25) is 0 Å². The van der Waals surface area contributed by atoms with Gasteiger partial charge < -0.3 is 19.5 Å². The molecular formula is C26H27F3N2O4. The first-order valence-electron chi connectivity index (χ1n) is 11.1. The molecule has 0 aliphatic carbocycles. The first-order valence-corrected chi connectivity index (χ1v) is 11.1. The molecule has 0 aliphatic heterocycles. The van der Waals surface area contributed by atoms with Gasteiger partial charge in [-0.2, -0.15) is 0 Å². The molecule has 0 radical (unpaired) electrons. The highest BCUT2D eigenvalue weighted by Gasteiger charge is 2.31. The van der Waals surface area contributed by atoms with E-state index in [0.717, 1.165) is 22.5 Å². The fourth-order valence-corrected chi connectivity index (χ4v) is 3.42. The number of aromatic nitrogens is 1. The minimum atomic E-state index is -4.74. The van der Waals surface area contributed by atoms with Crippen LogP contribution in [0.4, 0.5) is 19.0 Å². The Morgan fingerprint density at radius 1 is 1.03 bits per heavy atom. The molecule has 0 unspecified atom stereocenters. The van der Waals surface area contributed by atoms with Crippen molar-refractivity contribution in [3.63, 3.8) is 0 Å². The van der Waals surface area contributed by atoms with E-state index in [9.17, 15) is 18.0 Å². The molecule has 0 fully saturated rings. The zero-order chi connectivity index (χ0) is 25.4. The summed E-state index contributed by atoms with van der Waals surface area (Å²) in [5.41, 5.74) is 2.85. The highest BCUT2D eigenvalue weighted by Crippen LogP contribution is 2.25. The SMILES string of the molecule is CC(C)c1ccc(N(CCc2cccc(OCC(=O)O)c2)Cc2ccc(OC(F)(F)F)cc2)nc1. The Balaban J connectivity index is 1.76. The maximum atomic E-state index is 12.5. The van der Waals surface area contributed by atoms with Crippen molar-refractivity contribution in [2.75, 3.05) is 18.1 Å². The summed E-state index contributed by atoms with van der Waals surface area (Å²) >= 11 is 0. The molecule has 0 atom stereocenters. The van der Waals surface area contributed by atoms with E-state index in [1.54, 1.807) is 30.3 Å². The minimum absolute atomic E-state index is 0.273. The number of carboxylic acid groups (broad SMARTS) is 1. The normalized spacial score (nSPS) is 11.4. The van der Waals surface area contributed by atoms with Crippen molar-refractivity contribution >= 4 is 11.8 Å². The zero-order valence-electron chi connectivity index (χ0n) is 19.5. The molecule has 0 spiro atoms. The van der Waals surface area contributed by atoms with Gasteiger partial charge in [-0.15, -0.1) is 13.2 Å². The summed E-state index contributed by atoms with van der Waals surface area (Å²) in [5, 5.41) is 8.81. The average Bonchev–Trinajstić information content (AvgIpc) is 2.81. The molecule has 2 aromatic carbocycles. The third-order valence-corrected chi connectivity index (χ3v) is 5.22. The number of pyridine rings is 1. The van der Waals surface area contributed by atoms with Crippen LogP contribution in [-0.2, 0) is 17.8 Å². The van der Waals surface area contributed by atoms with Crippen molar-refractivity contribution in [3.05, 3.63) is 83.6 Å². The molecule has 6 nitrogen and oxygen atoms in total. The predicted octanol–water partition coefficient (Wildman–Crippen LogP) is 5.82. The van der Waals surface area contributed by atoms with E-state index in [-0.39, 0.29) is 5.75 Å². The standard InChI is InChI=1S/C26H27F3N2O4/c1-18(2)21-8-11-24(30-15-21)31(16-20-6-9-22(10-7-20)35-26(27,28)29)13-12-19-4-3-5-23(14-19)34-17-25(32)33/h3-11,14-15,18H,12-13,16-17H2,1-2H3,(H,32,33). The number of ether oxygens (including phenoxy) is 2. The van der Waals surface area contributed by atoms with E-state index >= 15 is 0 Å². The van der Waals surface area contributed by atoms with Crippen molar-refractivity contribution < 1.29 is 32.5 Å². The maximum Gasteiger partial charge on any atom is 0.573 e. The molecule has 9 heteroatoms. The summed E-state index contributed by atoms with van der Waals surface area (Å²) in [6.45, 7) is 4.74. The minimum Gasteiger partial charge on any atom is -0.482 e. The van der Waals surface area contributed by atoms with E-state index in [1.807, 2.05) is 29.3 Å². The first kappa shape index (κ1) is 25.9. The van der Waals surface area contributed by atoms with Crippen molar-refractivity contribution in [1.82, 2.24) is 4.98 Å². The Labute approximate surface area is 201 Å². The van der Waals surface area contributed by atoms with Crippen LogP contribution in [0.1, 0.15) is 36.5 Å². The van der Waals surface area contributed by atoms with E-state index in [0.29, 0.717) is 31.2 Å². The van der Waals surface area contributed by atoms with Gasteiger partial charge >= 0.3 is 12.3 Å². The number of alkyl halides is 3. The second-order valence-electron chi connectivity index (χ2n) is 8.30. The Morgan fingerprint density at radius 2 is 1.77 bits per heavy atom.